The van der Waals surface area contributed by atoms with Crippen molar-refractivity contribution in [1.29, 1.82) is 0 Å². The molecule has 0 bridgehead atoms. The summed E-state index contributed by atoms with van der Waals surface area (Å²) in [5, 5.41) is 0. The van der Waals surface area contributed by atoms with E-state index in [4.69, 9.17) is 9.47 Å². The molecule has 0 spiro atoms. The minimum atomic E-state index is -0.154. The van der Waals surface area contributed by atoms with E-state index in [1.54, 1.807) is 0 Å². The van der Waals surface area contributed by atoms with Crippen LogP contribution in [0.5, 0.6) is 0 Å². The van der Waals surface area contributed by atoms with E-state index < -0.39 is 0 Å². The van der Waals surface area contributed by atoms with Crippen LogP contribution in [0.15, 0.2) is 12.8 Å². The zero-order valence-corrected chi connectivity index (χ0v) is 12.1. The summed E-state index contributed by atoms with van der Waals surface area (Å²) in [6.07, 6.45) is 9.16. The van der Waals surface area contributed by atoms with Crippen LogP contribution in [0.1, 0.15) is 51.9 Å². The molecule has 0 aliphatic heterocycles. The maximum absolute atomic E-state index is 12.0. The predicted molar refractivity (Wildman–Crippen MR) is 76.0 cm³/mol. The standard InChI is InChI=1S/C15H27NO3/c1-3-18-13-9-8-12-16(15(17)19-4-2)14-10-6-5-7-11-14/h3,14H,1,4-13H2,2H3. The van der Waals surface area contributed by atoms with E-state index >= 15 is 0 Å². The van der Waals surface area contributed by atoms with E-state index in [2.05, 4.69) is 6.58 Å². The molecule has 1 saturated carbocycles. The number of carbonyl (C=O) groups is 1. The molecule has 0 aromatic carbocycles. The van der Waals surface area contributed by atoms with Gasteiger partial charge in [-0.2, -0.15) is 0 Å². The molecule has 1 amide bonds. The molecule has 0 aromatic heterocycles. The highest BCUT2D eigenvalue weighted by molar-refractivity contribution is 5.68. The van der Waals surface area contributed by atoms with Crippen LogP contribution in [0, 0.1) is 0 Å². The first kappa shape index (κ1) is 15.9. The summed E-state index contributed by atoms with van der Waals surface area (Å²) < 4.78 is 10.3. The van der Waals surface area contributed by atoms with Crippen molar-refractivity contribution >= 4 is 6.09 Å². The van der Waals surface area contributed by atoms with Crippen molar-refractivity contribution in [1.82, 2.24) is 4.90 Å². The van der Waals surface area contributed by atoms with Crippen molar-refractivity contribution in [2.24, 2.45) is 0 Å². The molecule has 0 atom stereocenters. The Morgan fingerprint density at radius 1 is 1.32 bits per heavy atom. The van der Waals surface area contributed by atoms with Gasteiger partial charge in [0.15, 0.2) is 0 Å². The Labute approximate surface area is 116 Å². The van der Waals surface area contributed by atoms with E-state index in [9.17, 15) is 4.79 Å². The lowest BCUT2D eigenvalue weighted by Crippen LogP contribution is -2.42. The lowest BCUT2D eigenvalue weighted by atomic mass is 9.94. The summed E-state index contributed by atoms with van der Waals surface area (Å²) in [6, 6.07) is 0.369. The molecule has 4 nitrogen and oxygen atoms in total. The molecule has 4 heteroatoms. The molecular weight excluding hydrogens is 242 g/mol. The minimum Gasteiger partial charge on any atom is -0.502 e. The largest absolute Gasteiger partial charge is 0.502 e. The molecule has 19 heavy (non-hydrogen) atoms. The summed E-state index contributed by atoms with van der Waals surface area (Å²) in [5.41, 5.74) is 0. The SMILES string of the molecule is C=COCCCCN(C(=O)OCC)C1CCCCC1. The normalized spacial score (nSPS) is 15.8. The molecule has 0 N–H and O–H groups in total. The van der Waals surface area contributed by atoms with Gasteiger partial charge in [-0.25, -0.2) is 4.79 Å². The van der Waals surface area contributed by atoms with Crippen LogP contribution >= 0.6 is 0 Å². The van der Waals surface area contributed by atoms with Crippen LogP contribution in [-0.4, -0.2) is 36.8 Å². The summed E-state index contributed by atoms with van der Waals surface area (Å²) in [7, 11) is 0. The molecule has 0 radical (unpaired) electrons. The van der Waals surface area contributed by atoms with Gasteiger partial charge in [-0.15, -0.1) is 0 Å². The molecule has 1 aliphatic rings. The van der Waals surface area contributed by atoms with Gasteiger partial charge in [0.1, 0.15) is 0 Å². The number of nitrogens with zero attached hydrogens (tertiary/aromatic N) is 1. The van der Waals surface area contributed by atoms with Gasteiger partial charge in [0.2, 0.25) is 0 Å². The number of unbranched alkanes of at least 4 members (excludes halogenated alkanes) is 1. The Kier molecular flexibility index (Phi) is 8.10. The van der Waals surface area contributed by atoms with Crippen molar-refractivity contribution in [2.45, 2.75) is 57.9 Å². The van der Waals surface area contributed by atoms with E-state index in [1.807, 2.05) is 11.8 Å². The fourth-order valence-corrected chi connectivity index (χ4v) is 2.57. The van der Waals surface area contributed by atoms with Crippen LogP contribution in [0.25, 0.3) is 0 Å². The van der Waals surface area contributed by atoms with Gasteiger partial charge < -0.3 is 14.4 Å². The van der Waals surface area contributed by atoms with Crippen molar-refractivity contribution < 1.29 is 14.3 Å². The second-order valence-corrected chi connectivity index (χ2v) is 4.93. The number of rotatable bonds is 8. The maximum Gasteiger partial charge on any atom is 0.409 e. The summed E-state index contributed by atoms with van der Waals surface area (Å²) in [6.45, 7) is 7.25. The van der Waals surface area contributed by atoms with Crippen molar-refractivity contribution in [3.05, 3.63) is 12.8 Å². The molecule has 0 heterocycles. The van der Waals surface area contributed by atoms with E-state index in [0.717, 1.165) is 32.2 Å². The summed E-state index contributed by atoms with van der Waals surface area (Å²) >= 11 is 0. The van der Waals surface area contributed by atoms with Crippen LogP contribution in [0.2, 0.25) is 0 Å². The lowest BCUT2D eigenvalue weighted by molar-refractivity contribution is 0.0788. The van der Waals surface area contributed by atoms with Crippen molar-refractivity contribution in [2.75, 3.05) is 19.8 Å². The number of ether oxygens (including phenoxy) is 2. The van der Waals surface area contributed by atoms with Gasteiger partial charge in [0.25, 0.3) is 0 Å². The highest BCUT2D eigenvalue weighted by Gasteiger charge is 2.25. The third kappa shape index (κ3) is 5.99. The van der Waals surface area contributed by atoms with E-state index in [1.165, 1.54) is 25.5 Å². The van der Waals surface area contributed by atoms with Crippen LogP contribution < -0.4 is 0 Å². The Bertz CT molecular complexity index is 262. The smallest absolute Gasteiger partial charge is 0.409 e. The van der Waals surface area contributed by atoms with Crippen LogP contribution in [0.4, 0.5) is 4.79 Å². The molecule has 110 valence electrons. The Hall–Kier alpha value is -1.19. The number of amides is 1. The first-order valence-electron chi connectivity index (χ1n) is 7.45. The third-order valence-corrected chi connectivity index (χ3v) is 3.55. The Morgan fingerprint density at radius 3 is 2.68 bits per heavy atom. The predicted octanol–water partition coefficient (Wildman–Crippen LogP) is 3.72. The fraction of sp³-hybridized carbons (Fsp3) is 0.800. The molecule has 0 aromatic rings. The quantitative estimate of drug-likeness (QED) is 0.498. The number of carbonyl (C=O) groups excluding carboxylic acids is 1. The number of hydrogen-bond acceptors (Lipinski definition) is 3. The molecule has 1 aliphatic carbocycles. The highest BCUT2D eigenvalue weighted by Crippen LogP contribution is 2.23. The zero-order valence-electron chi connectivity index (χ0n) is 12.1. The van der Waals surface area contributed by atoms with Gasteiger partial charge >= 0.3 is 6.09 Å². The van der Waals surface area contributed by atoms with Gasteiger partial charge in [-0.05, 0) is 32.6 Å². The third-order valence-electron chi connectivity index (χ3n) is 3.55. The summed E-state index contributed by atoms with van der Waals surface area (Å²) in [4.78, 5) is 13.9. The molecule has 0 saturated heterocycles. The van der Waals surface area contributed by atoms with E-state index in [-0.39, 0.29) is 6.09 Å². The maximum atomic E-state index is 12.0. The second kappa shape index (κ2) is 9.70. The summed E-state index contributed by atoms with van der Waals surface area (Å²) in [5.74, 6) is 0. The Morgan fingerprint density at radius 2 is 2.05 bits per heavy atom. The monoisotopic (exact) mass is 269 g/mol. The molecule has 1 fully saturated rings. The molecule has 1 rings (SSSR count). The average molecular weight is 269 g/mol. The first-order chi connectivity index (χ1) is 9.29. The molecule has 0 unspecified atom stereocenters. The minimum absolute atomic E-state index is 0.154. The highest BCUT2D eigenvalue weighted by atomic mass is 16.6. The number of hydrogen-bond donors (Lipinski definition) is 0. The van der Waals surface area contributed by atoms with Crippen molar-refractivity contribution in [3.63, 3.8) is 0 Å². The van der Waals surface area contributed by atoms with Crippen molar-refractivity contribution in [3.8, 4) is 0 Å². The average Bonchev–Trinajstić information content (AvgIpc) is 2.44. The van der Waals surface area contributed by atoms with Gasteiger partial charge in [-0.3, -0.25) is 0 Å². The second-order valence-electron chi connectivity index (χ2n) is 4.93. The first-order valence-corrected chi connectivity index (χ1v) is 7.45. The van der Waals surface area contributed by atoms with Gasteiger partial charge in [-0.1, -0.05) is 25.8 Å². The van der Waals surface area contributed by atoms with Gasteiger partial charge in [0.05, 0.1) is 19.5 Å². The van der Waals surface area contributed by atoms with E-state index in [0.29, 0.717) is 19.3 Å². The fourth-order valence-electron chi connectivity index (χ4n) is 2.57. The van der Waals surface area contributed by atoms with Crippen LogP contribution in [-0.2, 0) is 9.47 Å². The molecular formula is C15H27NO3. The van der Waals surface area contributed by atoms with Crippen LogP contribution in [0.3, 0.4) is 0 Å². The lowest BCUT2D eigenvalue weighted by Gasteiger charge is -2.33. The zero-order chi connectivity index (χ0) is 13.9. The van der Waals surface area contributed by atoms with Gasteiger partial charge in [0, 0.05) is 12.6 Å². The Balaban J connectivity index is 2.39. The topological polar surface area (TPSA) is 38.8 Å².